The van der Waals surface area contributed by atoms with Crippen LogP contribution in [0.4, 0.5) is 10.1 Å². The van der Waals surface area contributed by atoms with Gasteiger partial charge in [-0.15, -0.1) is 0 Å². The molecule has 1 atom stereocenters. The molecular formula is C19H21FN4O2. The first-order valence-corrected chi connectivity index (χ1v) is 8.37. The summed E-state index contributed by atoms with van der Waals surface area (Å²) in [5, 5.41) is 18.4. The van der Waals surface area contributed by atoms with E-state index in [1.807, 2.05) is 24.3 Å². The van der Waals surface area contributed by atoms with Gasteiger partial charge in [-0.3, -0.25) is 9.79 Å². The minimum absolute atomic E-state index is 0.00184. The zero-order chi connectivity index (χ0) is 18.5. The Morgan fingerprint density at radius 3 is 2.88 bits per heavy atom. The van der Waals surface area contributed by atoms with Crippen LogP contribution in [0.2, 0.25) is 0 Å². The van der Waals surface area contributed by atoms with Gasteiger partial charge >= 0.3 is 0 Å². The molecule has 7 heteroatoms. The summed E-state index contributed by atoms with van der Waals surface area (Å²) in [5.41, 5.74) is 2.62. The second kappa shape index (κ2) is 7.86. The number of nitrogens with zero attached hydrogens (tertiary/aromatic N) is 1. The number of fused-ring (bicyclic) bond motifs is 1. The molecule has 0 radical (unpaired) electrons. The van der Waals surface area contributed by atoms with Crippen molar-refractivity contribution in [2.75, 3.05) is 18.9 Å². The monoisotopic (exact) mass is 356 g/mol. The molecule has 2 aromatic rings. The maximum atomic E-state index is 13.4. The molecule has 2 aromatic carbocycles. The average molecular weight is 356 g/mol. The molecule has 0 fully saturated rings. The highest BCUT2D eigenvalue weighted by molar-refractivity contribution is 5.94. The fraction of sp³-hybridized carbons (Fsp3) is 0.263. The number of amides is 1. The Bertz CT molecular complexity index is 838. The fourth-order valence-corrected chi connectivity index (χ4v) is 2.97. The summed E-state index contributed by atoms with van der Waals surface area (Å²) in [6.07, 6.45) is 0.407. The number of phenols is 1. The van der Waals surface area contributed by atoms with Gasteiger partial charge in [-0.05, 0) is 29.3 Å². The number of hydrogen-bond donors (Lipinski definition) is 4. The summed E-state index contributed by atoms with van der Waals surface area (Å²) in [5.74, 6) is -0.424. The number of rotatable bonds is 4. The first kappa shape index (κ1) is 17.7. The van der Waals surface area contributed by atoms with E-state index in [0.717, 1.165) is 11.3 Å². The Morgan fingerprint density at radius 2 is 2.12 bits per heavy atom. The molecule has 0 saturated heterocycles. The maximum Gasteiger partial charge on any atom is 0.225 e. The van der Waals surface area contributed by atoms with Gasteiger partial charge in [0.15, 0.2) is 17.5 Å². The molecule has 1 amide bonds. The van der Waals surface area contributed by atoms with Crippen molar-refractivity contribution >= 4 is 17.6 Å². The van der Waals surface area contributed by atoms with Crippen molar-refractivity contribution in [2.45, 2.75) is 18.9 Å². The van der Waals surface area contributed by atoms with E-state index in [0.29, 0.717) is 31.0 Å². The third-order valence-electron chi connectivity index (χ3n) is 4.32. The summed E-state index contributed by atoms with van der Waals surface area (Å²) < 4.78 is 13.4. The smallest absolute Gasteiger partial charge is 0.225 e. The van der Waals surface area contributed by atoms with Crippen molar-refractivity contribution in [3.05, 3.63) is 59.4 Å². The minimum Gasteiger partial charge on any atom is -0.505 e. The molecule has 6 nitrogen and oxygen atoms in total. The van der Waals surface area contributed by atoms with Crippen LogP contribution in [-0.4, -0.2) is 30.6 Å². The molecule has 0 aliphatic carbocycles. The molecule has 0 bridgehead atoms. The van der Waals surface area contributed by atoms with Crippen LogP contribution in [0.3, 0.4) is 0 Å². The predicted molar refractivity (Wildman–Crippen MR) is 98.7 cm³/mol. The van der Waals surface area contributed by atoms with Crippen LogP contribution in [0, 0.1) is 5.82 Å². The van der Waals surface area contributed by atoms with Crippen LogP contribution in [0.15, 0.2) is 47.5 Å². The van der Waals surface area contributed by atoms with E-state index < -0.39 is 5.82 Å². The van der Waals surface area contributed by atoms with Gasteiger partial charge in [-0.25, -0.2) is 4.39 Å². The summed E-state index contributed by atoms with van der Waals surface area (Å²) in [4.78, 5) is 16.0. The first-order valence-electron chi connectivity index (χ1n) is 8.37. The summed E-state index contributed by atoms with van der Waals surface area (Å²) in [7, 11) is 1.65. The van der Waals surface area contributed by atoms with Gasteiger partial charge in [0.2, 0.25) is 5.91 Å². The molecular weight excluding hydrogens is 335 g/mol. The number of carbonyl (C=O) groups is 1. The number of guanidine groups is 1. The average Bonchev–Trinajstić information content (AvgIpc) is 2.64. The Morgan fingerprint density at radius 1 is 1.31 bits per heavy atom. The van der Waals surface area contributed by atoms with Gasteiger partial charge in [-0.1, -0.05) is 24.3 Å². The standard InChI is InChI=1S/C19H21FN4O2/c1-21-19(22-10-12-6-7-17(25)15(20)8-12)23-11-13-9-18(26)24-16-5-3-2-4-14(13)16/h2-8,13,25H,9-11H2,1H3,(H,24,26)(H2,21,22,23). The molecule has 1 heterocycles. The van der Waals surface area contributed by atoms with E-state index in [9.17, 15) is 14.3 Å². The van der Waals surface area contributed by atoms with Crippen LogP contribution < -0.4 is 16.0 Å². The van der Waals surface area contributed by atoms with Gasteiger partial charge in [0, 0.05) is 38.2 Å². The molecule has 0 spiro atoms. The number of aliphatic imine (C=N–C) groups is 1. The van der Waals surface area contributed by atoms with Crippen LogP contribution >= 0.6 is 0 Å². The lowest BCUT2D eigenvalue weighted by molar-refractivity contribution is -0.116. The van der Waals surface area contributed by atoms with Gasteiger partial charge in [-0.2, -0.15) is 0 Å². The summed E-state index contributed by atoms with van der Waals surface area (Å²) in [6, 6.07) is 12.0. The molecule has 1 aliphatic rings. The lowest BCUT2D eigenvalue weighted by Crippen LogP contribution is -2.40. The van der Waals surface area contributed by atoms with Crippen molar-refractivity contribution < 1.29 is 14.3 Å². The zero-order valence-corrected chi connectivity index (χ0v) is 14.4. The van der Waals surface area contributed by atoms with Crippen LogP contribution in [-0.2, 0) is 11.3 Å². The number of hydrogen-bond acceptors (Lipinski definition) is 3. The maximum absolute atomic E-state index is 13.4. The summed E-state index contributed by atoms with van der Waals surface area (Å²) in [6.45, 7) is 0.909. The highest BCUT2D eigenvalue weighted by atomic mass is 19.1. The molecule has 136 valence electrons. The first-order chi connectivity index (χ1) is 12.6. The quantitative estimate of drug-likeness (QED) is 0.500. The third-order valence-corrected chi connectivity index (χ3v) is 4.32. The zero-order valence-electron chi connectivity index (χ0n) is 14.4. The number of phenolic OH excluding ortho intramolecular Hbond substituents is 1. The van der Waals surface area contributed by atoms with E-state index in [-0.39, 0.29) is 17.6 Å². The molecule has 4 N–H and O–H groups in total. The van der Waals surface area contributed by atoms with E-state index in [1.54, 1.807) is 13.1 Å². The Balaban J connectivity index is 1.59. The highest BCUT2D eigenvalue weighted by Gasteiger charge is 2.24. The largest absolute Gasteiger partial charge is 0.505 e. The van der Waals surface area contributed by atoms with E-state index in [4.69, 9.17) is 0 Å². The number of halogens is 1. The van der Waals surface area contributed by atoms with Crippen molar-refractivity contribution in [1.29, 1.82) is 0 Å². The SMILES string of the molecule is CN=C(NCc1ccc(O)c(F)c1)NCC1CC(=O)Nc2ccccc21. The van der Waals surface area contributed by atoms with Gasteiger partial charge in [0.1, 0.15) is 0 Å². The second-order valence-corrected chi connectivity index (χ2v) is 6.13. The molecule has 0 saturated carbocycles. The number of para-hydroxylation sites is 1. The topological polar surface area (TPSA) is 85.8 Å². The van der Waals surface area contributed by atoms with Crippen LogP contribution in [0.5, 0.6) is 5.75 Å². The van der Waals surface area contributed by atoms with E-state index in [2.05, 4.69) is 20.9 Å². The van der Waals surface area contributed by atoms with E-state index in [1.165, 1.54) is 12.1 Å². The van der Waals surface area contributed by atoms with Crippen molar-refractivity contribution in [3.63, 3.8) is 0 Å². The van der Waals surface area contributed by atoms with Crippen LogP contribution in [0.25, 0.3) is 0 Å². The van der Waals surface area contributed by atoms with Crippen LogP contribution in [0.1, 0.15) is 23.5 Å². The predicted octanol–water partition coefficient (Wildman–Crippen LogP) is 2.32. The second-order valence-electron chi connectivity index (χ2n) is 6.13. The number of carbonyl (C=O) groups excluding carboxylic acids is 1. The Labute approximate surface area is 151 Å². The third kappa shape index (κ3) is 4.11. The van der Waals surface area contributed by atoms with Gasteiger partial charge in [0.05, 0.1) is 0 Å². The molecule has 0 aromatic heterocycles. The number of aromatic hydroxyl groups is 1. The van der Waals surface area contributed by atoms with Gasteiger partial charge in [0.25, 0.3) is 0 Å². The van der Waals surface area contributed by atoms with Crippen molar-refractivity contribution in [3.8, 4) is 5.75 Å². The Hall–Kier alpha value is -3.09. The lowest BCUT2D eigenvalue weighted by atomic mass is 9.90. The van der Waals surface area contributed by atoms with E-state index >= 15 is 0 Å². The summed E-state index contributed by atoms with van der Waals surface area (Å²) >= 11 is 0. The molecule has 1 aliphatic heterocycles. The molecule has 26 heavy (non-hydrogen) atoms. The minimum atomic E-state index is -0.655. The van der Waals surface area contributed by atoms with Crippen molar-refractivity contribution in [1.82, 2.24) is 10.6 Å². The number of nitrogens with one attached hydrogen (secondary N) is 3. The fourth-order valence-electron chi connectivity index (χ4n) is 2.97. The normalized spacial score (nSPS) is 16.6. The number of anilines is 1. The lowest BCUT2D eigenvalue weighted by Gasteiger charge is -2.26. The molecule has 3 rings (SSSR count). The Kier molecular flexibility index (Phi) is 5.36. The van der Waals surface area contributed by atoms with Gasteiger partial charge < -0.3 is 21.1 Å². The number of benzene rings is 2. The van der Waals surface area contributed by atoms with Crippen molar-refractivity contribution in [2.24, 2.45) is 4.99 Å². The highest BCUT2D eigenvalue weighted by Crippen LogP contribution is 2.31. The molecule has 1 unspecified atom stereocenters.